The molecule has 0 bridgehead atoms. The summed E-state index contributed by atoms with van der Waals surface area (Å²) >= 11 is 1.46. The van der Waals surface area contributed by atoms with Gasteiger partial charge in [0.1, 0.15) is 22.9 Å². The second-order valence-electron chi connectivity index (χ2n) is 8.74. The molecule has 192 valence electrons. The van der Waals surface area contributed by atoms with Crippen molar-refractivity contribution in [1.29, 1.82) is 0 Å². The van der Waals surface area contributed by atoms with E-state index in [1.165, 1.54) is 16.7 Å². The van der Waals surface area contributed by atoms with E-state index in [2.05, 4.69) is 11.9 Å². The van der Waals surface area contributed by atoms with Gasteiger partial charge in [-0.1, -0.05) is 91.5 Å². The molecule has 3 aromatic rings. The van der Waals surface area contributed by atoms with Crippen molar-refractivity contribution in [3.63, 3.8) is 0 Å². The molecule has 2 heterocycles. The van der Waals surface area contributed by atoms with Gasteiger partial charge in [-0.05, 0) is 28.8 Å². The zero-order valence-electron chi connectivity index (χ0n) is 20.5. The number of ether oxygens (including phenoxy) is 2. The average molecular weight is 527 g/mol. The fourth-order valence-electron chi connectivity index (χ4n) is 4.42. The lowest BCUT2D eigenvalue weighted by molar-refractivity contribution is -0.154. The highest BCUT2D eigenvalue weighted by molar-refractivity contribution is 8.00. The highest BCUT2D eigenvalue weighted by atomic mass is 32.2. The second kappa shape index (κ2) is 11.4. The fraction of sp³-hybridized carbons (Fsp3) is 0.167. The number of β-lactam (4-membered cyclic amide) rings is 1. The lowest BCUT2D eigenvalue weighted by atomic mass is 10.0. The summed E-state index contributed by atoms with van der Waals surface area (Å²) in [5, 5.41) is 2.31. The van der Waals surface area contributed by atoms with Crippen LogP contribution in [0, 0.1) is 0 Å². The average Bonchev–Trinajstić information content (AvgIpc) is 2.98. The summed E-state index contributed by atoms with van der Waals surface area (Å²) in [7, 11) is 0. The number of amides is 2. The quantitative estimate of drug-likeness (QED) is 0.332. The summed E-state index contributed by atoms with van der Waals surface area (Å²) in [4.78, 5) is 40.7. The minimum Gasteiger partial charge on any atom is -0.484 e. The Hall–Kier alpha value is -4.30. The molecule has 0 radical (unpaired) electrons. The monoisotopic (exact) mass is 526 g/mol. The zero-order valence-corrected chi connectivity index (χ0v) is 21.3. The van der Waals surface area contributed by atoms with Gasteiger partial charge in [0.05, 0.1) is 0 Å². The Morgan fingerprint density at radius 1 is 0.974 bits per heavy atom. The second-order valence-corrected chi connectivity index (χ2v) is 9.85. The number of fused-ring (bicyclic) bond motifs is 1. The van der Waals surface area contributed by atoms with Gasteiger partial charge in [0, 0.05) is 5.75 Å². The van der Waals surface area contributed by atoms with E-state index in [0.717, 1.165) is 11.1 Å². The normalized spacial score (nSPS) is 18.3. The molecule has 0 spiro atoms. The van der Waals surface area contributed by atoms with E-state index < -0.39 is 29.4 Å². The van der Waals surface area contributed by atoms with E-state index in [4.69, 9.17) is 9.47 Å². The van der Waals surface area contributed by atoms with Crippen LogP contribution in [0.2, 0.25) is 0 Å². The standard InChI is InChI=1S/C30H26N2O5S/c1-2-20-19-38-29-25(31-24(33)18-36-23-16-10-5-11-17-23)28(34)32(29)26(20)30(35)37-27(21-12-6-3-7-13-21)22-14-8-4-9-15-22/h2-17,25,27,29H,1,18-19H2,(H,31,33)/t25-,29-/m1/s1. The summed E-state index contributed by atoms with van der Waals surface area (Å²) in [5.41, 5.74) is 2.40. The molecule has 8 heteroatoms. The first-order valence-electron chi connectivity index (χ1n) is 12.1. The van der Waals surface area contributed by atoms with Crippen molar-refractivity contribution in [3.8, 4) is 5.75 Å². The van der Waals surface area contributed by atoms with Gasteiger partial charge < -0.3 is 14.8 Å². The third-order valence-corrected chi connectivity index (χ3v) is 7.60. The van der Waals surface area contributed by atoms with Crippen LogP contribution in [-0.2, 0) is 19.1 Å². The molecule has 2 amide bonds. The van der Waals surface area contributed by atoms with Crippen molar-refractivity contribution in [3.05, 3.63) is 126 Å². The highest BCUT2D eigenvalue weighted by Gasteiger charge is 2.54. The van der Waals surface area contributed by atoms with Crippen LogP contribution in [0.15, 0.2) is 115 Å². The van der Waals surface area contributed by atoms with Gasteiger partial charge in [-0.3, -0.25) is 14.5 Å². The number of carbonyl (C=O) groups is 3. The van der Waals surface area contributed by atoms with Crippen molar-refractivity contribution in [1.82, 2.24) is 10.2 Å². The number of carbonyl (C=O) groups excluding carboxylic acids is 3. The first-order valence-corrected chi connectivity index (χ1v) is 13.2. The van der Waals surface area contributed by atoms with Crippen molar-refractivity contribution >= 4 is 29.5 Å². The van der Waals surface area contributed by atoms with E-state index in [0.29, 0.717) is 17.1 Å². The third kappa shape index (κ3) is 5.21. The maximum Gasteiger partial charge on any atom is 0.356 e. The van der Waals surface area contributed by atoms with Crippen LogP contribution in [0.4, 0.5) is 0 Å². The molecule has 2 atom stereocenters. The van der Waals surface area contributed by atoms with Crippen LogP contribution >= 0.6 is 11.8 Å². The predicted molar refractivity (Wildman–Crippen MR) is 145 cm³/mol. The smallest absolute Gasteiger partial charge is 0.356 e. The van der Waals surface area contributed by atoms with E-state index in [1.54, 1.807) is 18.2 Å². The number of allylic oxidation sites excluding steroid dienone is 1. The first-order chi connectivity index (χ1) is 18.6. The van der Waals surface area contributed by atoms with Crippen molar-refractivity contribution in [2.45, 2.75) is 17.5 Å². The molecule has 1 N–H and O–H groups in total. The minimum atomic E-state index is -0.764. The zero-order chi connectivity index (χ0) is 26.5. The molecule has 2 aliphatic heterocycles. The van der Waals surface area contributed by atoms with Crippen molar-refractivity contribution in [2.24, 2.45) is 0 Å². The van der Waals surface area contributed by atoms with Crippen molar-refractivity contribution < 1.29 is 23.9 Å². The van der Waals surface area contributed by atoms with E-state index in [-0.39, 0.29) is 18.2 Å². The number of benzene rings is 3. The van der Waals surface area contributed by atoms with Crippen molar-refractivity contribution in [2.75, 3.05) is 12.4 Å². The lowest BCUT2D eigenvalue weighted by Crippen LogP contribution is -2.70. The van der Waals surface area contributed by atoms with Gasteiger partial charge in [-0.2, -0.15) is 0 Å². The molecular formula is C30H26N2O5S. The van der Waals surface area contributed by atoms with Crippen LogP contribution in [-0.4, -0.2) is 46.5 Å². The minimum absolute atomic E-state index is 0.164. The Kier molecular flexibility index (Phi) is 7.60. The third-order valence-electron chi connectivity index (χ3n) is 6.30. The number of esters is 1. The van der Waals surface area contributed by atoms with Gasteiger partial charge in [-0.25, -0.2) is 4.79 Å². The van der Waals surface area contributed by atoms with E-state index >= 15 is 0 Å². The molecule has 1 fully saturated rings. The van der Waals surface area contributed by atoms with Crippen LogP contribution < -0.4 is 10.1 Å². The Morgan fingerprint density at radius 2 is 1.55 bits per heavy atom. The van der Waals surface area contributed by atoms with Crippen LogP contribution in [0.1, 0.15) is 17.2 Å². The van der Waals surface area contributed by atoms with Crippen LogP contribution in [0.3, 0.4) is 0 Å². The number of rotatable bonds is 9. The molecule has 38 heavy (non-hydrogen) atoms. The van der Waals surface area contributed by atoms with Gasteiger partial charge in [0.2, 0.25) is 0 Å². The molecule has 0 unspecified atom stereocenters. The Labute approximate surface area is 225 Å². The summed E-state index contributed by atoms with van der Waals surface area (Å²) in [5.74, 6) is -0.392. The molecule has 5 rings (SSSR count). The highest BCUT2D eigenvalue weighted by Crippen LogP contribution is 2.41. The Balaban J connectivity index is 1.31. The topological polar surface area (TPSA) is 84.9 Å². The SMILES string of the molecule is C=CC1=C(C(=O)OC(c2ccccc2)c2ccccc2)N2C(=O)[C@@H](NC(=O)COc3ccccc3)[C@H]2SC1. The molecule has 7 nitrogen and oxygen atoms in total. The summed E-state index contributed by atoms with van der Waals surface area (Å²) in [6.45, 7) is 3.62. The Morgan fingerprint density at radius 3 is 2.13 bits per heavy atom. The van der Waals surface area contributed by atoms with Crippen LogP contribution in [0.25, 0.3) is 0 Å². The van der Waals surface area contributed by atoms with Gasteiger partial charge >= 0.3 is 5.97 Å². The molecule has 1 saturated heterocycles. The Bertz CT molecular complexity index is 1320. The number of thioether (sulfide) groups is 1. The summed E-state index contributed by atoms with van der Waals surface area (Å²) in [6, 6.07) is 27.1. The number of para-hydroxylation sites is 1. The van der Waals surface area contributed by atoms with Gasteiger partial charge in [0.25, 0.3) is 11.8 Å². The fourth-order valence-corrected chi connectivity index (χ4v) is 5.76. The van der Waals surface area contributed by atoms with Gasteiger partial charge in [-0.15, -0.1) is 11.8 Å². The molecule has 3 aromatic carbocycles. The number of nitrogens with one attached hydrogen (secondary N) is 1. The van der Waals surface area contributed by atoms with Gasteiger partial charge in [0.15, 0.2) is 12.7 Å². The number of nitrogens with zero attached hydrogens (tertiary/aromatic N) is 1. The molecular weight excluding hydrogens is 500 g/mol. The molecule has 2 aliphatic rings. The van der Waals surface area contributed by atoms with E-state index in [9.17, 15) is 14.4 Å². The number of hydrogen-bond acceptors (Lipinski definition) is 6. The predicted octanol–water partition coefficient (Wildman–Crippen LogP) is 4.24. The molecule has 0 aromatic heterocycles. The summed E-state index contributed by atoms with van der Waals surface area (Å²) < 4.78 is 11.5. The number of hydrogen-bond donors (Lipinski definition) is 1. The largest absolute Gasteiger partial charge is 0.484 e. The molecule has 0 aliphatic carbocycles. The van der Waals surface area contributed by atoms with E-state index in [1.807, 2.05) is 78.9 Å². The maximum absolute atomic E-state index is 13.6. The summed E-state index contributed by atoms with van der Waals surface area (Å²) in [6.07, 6.45) is 0.922. The first kappa shape index (κ1) is 25.4. The lowest BCUT2D eigenvalue weighted by Gasteiger charge is -2.49. The maximum atomic E-state index is 13.6. The van der Waals surface area contributed by atoms with Crippen LogP contribution in [0.5, 0.6) is 5.75 Å². The molecule has 0 saturated carbocycles.